The summed E-state index contributed by atoms with van der Waals surface area (Å²) in [5.41, 5.74) is 10.6. The molecule has 0 saturated carbocycles. The number of likely N-dealkylation sites (tertiary alicyclic amines) is 1. The Morgan fingerprint density at radius 3 is 2.62 bits per heavy atom. The first-order chi connectivity index (χ1) is 12.3. The van der Waals surface area contributed by atoms with Crippen molar-refractivity contribution in [3.05, 3.63) is 10.8 Å². The Bertz CT molecular complexity index is 840. The van der Waals surface area contributed by atoms with Crippen molar-refractivity contribution < 1.29 is 9.59 Å². The lowest BCUT2D eigenvalue weighted by atomic mass is 9.88. The van der Waals surface area contributed by atoms with Crippen LogP contribution in [0.4, 0.5) is 11.6 Å². The van der Waals surface area contributed by atoms with Crippen LogP contribution in [0, 0.1) is 11.3 Å². The average Bonchev–Trinajstić information content (AvgIpc) is 3.00. The number of halogens is 1. The normalized spacial score (nSPS) is 18.0. The van der Waals surface area contributed by atoms with Gasteiger partial charge < -0.3 is 21.7 Å². The minimum absolute atomic E-state index is 0.0605. The highest BCUT2D eigenvalue weighted by atomic mass is 35.5. The van der Waals surface area contributed by atoms with Gasteiger partial charge in [0.1, 0.15) is 0 Å². The molecule has 3 heterocycles. The number of nitrogen functional groups attached to an aromatic ring is 2. The Hall–Kier alpha value is -3.13. The summed E-state index contributed by atoms with van der Waals surface area (Å²) in [6, 6.07) is 1.62. The third kappa shape index (κ3) is 3.31. The Morgan fingerprint density at radius 2 is 1.96 bits per heavy atom. The van der Waals surface area contributed by atoms with Crippen LogP contribution in [0.25, 0.3) is 0 Å². The molecule has 12 heteroatoms. The number of guanidine groups is 1. The summed E-state index contributed by atoms with van der Waals surface area (Å²) >= 11 is 5.78. The predicted molar refractivity (Wildman–Crippen MR) is 92.9 cm³/mol. The summed E-state index contributed by atoms with van der Waals surface area (Å²) in [4.78, 5) is 37.2. The van der Waals surface area contributed by atoms with Crippen molar-refractivity contribution in [2.24, 2.45) is 4.99 Å². The van der Waals surface area contributed by atoms with Gasteiger partial charge in [0.05, 0.1) is 12.1 Å². The van der Waals surface area contributed by atoms with Gasteiger partial charge >= 0.3 is 5.91 Å². The highest BCUT2D eigenvalue weighted by molar-refractivity contribution is 6.31. The summed E-state index contributed by atoms with van der Waals surface area (Å²) in [5, 5.41) is 14.3. The second kappa shape index (κ2) is 6.64. The van der Waals surface area contributed by atoms with Crippen molar-refractivity contribution in [2.45, 2.75) is 18.4 Å². The molecule has 2 amide bonds. The first-order valence-corrected chi connectivity index (χ1v) is 8.13. The summed E-state index contributed by atoms with van der Waals surface area (Å²) in [7, 11) is 0. The summed E-state index contributed by atoms with van der Waals surface area (Å²) in [5.74, 6) is -1.07. The van der Waals surface area contributed by atoms with E-state index in [0.29, 0.717) is 32.5 Å². The third-order valence-corrected chi connectivity index (χ3v) is 4.66. The van der Waals surface area contributed by atoms with Gasteiger partial charge in [0.2, 0.25) is 0 Å². The molecule has 2 aliphatic heterocycles. The quantitative estimate of drug-likeness (QED) is 0.444. The van der Waals surface area contributed by atoms with Crippen LogP contribution in [-0.4, -0.2) is 57.8 Å². The lowest BCUT2D eigenvalue weighted by molar-refractivity contribution is -0.126. The third-order valence-electron chi connectivity index (χ3n) is 4.38. The summed E-state index contributed by atoms with van der Waals surface area (Å²) < 4.78 is 0. The lowest BCUT2D eigenvalue weighted by Crippen LogP contribution is -2.56. The molecule has 1 fully saturated rings. The zero-order valence-corrected chi connectivity index (χ0v) is 14.4. The molecule has 0 atom stereocenters. The number of nitrogens with two attached hydrogens (primary N) is 2. The molecule has 0 radical (unpaired) electrons. The first-order valence-electron chi connectivity index (χ1n) is 7.75. The first kappa shape index (κ1) is 17.7. The van der Waals surface area contributed by atoms with Crippen molar-refractivity contribution in [3.8, 4) is 6.07 Å². The minimum Gasteiger partial charge on any atom is -0.382 e. The molecule has 136 valence electrons. The molecule has 1 spiro atoms. The number of carbonyl (C=O) groups excluding carboxylic acids is 2. The van der Waals surface area contributed by atoms with E-state index in [2.05, 4.69) is 25.6 Å². The van der Waals surface area contributed by atoms with Crippen LogP contribution in [0.5, 0.6) is 0 Å². The molecule has 2 aliphatic rings. The predicted octanol–water partition coefficient (Wildman–Crippen LogP) is -1.13. The number of aromatic nitrogens is 2. The molecular formula is C14H16ClN9O2. The van der Waals surface area contributed by atoms with Crippen LogP contribution in [0.15, 0.2) is 4.99 Å². The van der Waals surface area contributed by atoms with E-state index in [9.17, 15) is 9.59 Å². The minimum atomic E-state index is -0.614. The van der Waals surface area contributed by atoms with Gasteiger partial charge in [0.15, 0.2) is 34.5 Å². The molecule has 1 saturated heterocycles. The van der Waals surface area contributed by atoms with Crippen LogP contribution >= 0.6 is 11.6 Å². The number of nitrogens with one attached hydrogen (secondary N) is 2. The molecule has 1 aromatic rings. The molecular weight excluding hydrogens is 362 g/mol. The summed E-state index contributed by atoms with van der Waals surface area (Å²) in [6.45, 7) is 1.34. The fraction of sp³-hybridized carbons (Fsp3) is 0.429. The molecule has 0 bridgehead atoms. The molecule has 6 N–H and O–H groups in total. The molecule has 0 unspecified atom stereocenters. The standard InChI is InChI=1S/C14H16ClN9O2/c15-9-11(18)21-10(17)8(20-9)12(26)22-13-19-6-14(23-13)1-3-24(4-2-14)7(25)5-16/h1-4,6H2,(H4,17,18,21)(H2,19,22,23,26). The largest absolute Gasteiger partial charge is 0.382 e. The van der Waals surface area contributed by atoms with E-state index in [1.54, 1.807) is 6.07 Å². The Labute approximate surface area is 153 Å². The molecule has 3 rings (SSSR count). The van der Waals surface area contributed by atoms with Gasteiger partial charge in [0.25, 0.3) is 5.91 Å². The fourth-order valence-electron chi connectivity index (χ4n) is 2.90. The van der Waals surface area contributed by atoms with E-state index >= 15 is 0 Å². The molecule has 0 aromatic carbocycles. The van der Waals surface area contributed by atoms with Crippen molar-refractivity contribution in [1.29, 1.82) is 5.26 Å². The van der Waals surface area contributed by atoms with Crippen LogP contribution < -0.4 is 22.1 Å². The number of anilines is 2. The highest BCUT2D eigenvalue weighted by Gasteiger charge is 2.40. The van der Waals surface area contributed by atoms with Gasteiger partial charge in [-0.05, 0) is 12.8 Å². The zero-order chi connectivity index (χ0) is 18.9. The Balaban J connectivity index is 1.62. The van der Waals surface area contributed by atoms with Crippen LogP contribution in [0.1, 0.15) is 23.3 Å². The topological polar surface area (TPSA) is 175 Å². The fourth-order valence-corrected chi connectivity index (χ4v) is 3.03. The molecule has 1 aromatic heterocycles. The summed E-state index contributed by atoms with van der Waals surface area (Å²) in [6.07, 6.45) is 1.22. The Morgan fingerprint density at radius 1 is 1.27 bits per heavy atom. The zero-order valence-electron chi connectivity index (χ0n) is 13.6. The van der Waals surface area contributed by atoms with E-state index < -0.39 is 11.8 Å². The SMILES string of the molecule is N#CC(=O)N1CCC2(CC1)CN=C(NC(=O)c1nc(Cl)c(N)nc1N)N2. The van der Waals surface area contributed by atoms with Crippen LogP contribution in [0.3, 0.4) is 0 Å². The van der Waals surface area contributed by atoms with Crippen molar-refractivity contribution >= 4 is 41.0 Å². The number of hydrogen-bond acceptors (Lipinski definition) is 9. The number of aliphatic imine (C=N–C) groups is 1. The second-order valence-electron chi connectivity index (χ2n) is 6.06. The van der Waals surface area contributed by atoms with Gasteiger partial charge in [-0.2, -0.15) is 5.26 Å². The van der Waals surface area contributed by atoms with E-state index in [1.807, 2.05) is 0 Å². The number of carbonyl (C=O) groups is 2. The van der Waals surface area contributed by atoms with Gasteiger partial charge in [-0.1, -0.05) is 11.6 Å². The number of hydrogen-bond donors (Lipinski definition) is 4. The molecule has 11 nitrogen and oxygen atoms in total. The highest BCUT2D eigenvalue weighted by Crippen LogP contribution is 2.26. The van der Waals surface area contributed by atoms with Gasteiger partial charge in [-0.3, -0.25) is 19.9 Å². The van der Waals surface area contributed by atoms with E-state index in [-0.39, 0.29) is 34.0 Å². The van der Waals surface area contributed by atoms with Crippen molar-refractivity contribution in [2.75, 3.05) is 31.1 Å². The van der Waals surface area contributed by atoms with Gasteiger partial charge in [-0.25, -0.2) is 9.97 Å². The molecule has 0 aliphatic carbocycles. The van der Waals surface area contributed by atoms with E-state index in [1.165, 1.54) is 4.90 Å². The maximum atomic E-state index is 12.3. The number of rotatable bonds is 1. The molecule has 26 heavy (non-hydrogen) atoms. The van der Waals surface area contributed by atoms with Crippen molar-refractivity contribution in [1.82, 2.24) is 25.5 Å². The smallest absolute Gasteiger partial charge is 0.324 e. The van der Waals surface area contributed by atoms with Gasteiger partial charge in [-0.15, -0.1) is 0 Å². The van der Waals surface area contributed by atoms with Crippen molar-refractivity contribution in [3.63, 3.8) is 0 Å². The number of piperidine rings is 1. The van der Waals surface area contributed by atoms with E-state index in [0.717, 1.165) is 0 Å². The second-order valence-corrected chi connectivity index (χ2v) is 6.42. The van der Waals surface area contributed by atoms with E-state index in [4.69, 9.17) is 28.3 Å². The lowest BCUT2D eigenvalue weighted by Gasteiger charge is -2.38. The van der Waals surface area contributed by atoms with Gasteiger partial charge in [0, 0.05) is 13.1 Å². The monoisotopic (exact) mass is 377 g/mol. The number of nitrogens with zero attached hydrogens (tertiary/aromatic N) is 5. The number of nitriles is 1. The Kier molecular flexibility index (Phi) is 4.52. The van der Waals surface area contributed by atoms with Crippen LogP contribution in [-0.2, 0) is 4.79 Å². The maximum absolute atomic E-state index is 12.3. The van der Waals surface area contributed by atoms with Crippen LogP contribution in [0.2, 0.25) is 5.15 Å². The average molecular weight is 378 g/mol. The number of amides is 2. The maximum Gasteiger partial charge on any atom is 0.324 e.